The standard InChI is InChI=1S/C28H33F2N3O2/c1-18-8-10-23(28(35)33-14-4-6-19-5-2-3-7-25(19)33)26(31-18)20-12-15-32(16-13-20)27(34)22-11-9-21(29)17-24(22)30/h8-11,17,19-20,25H,2-7,12-16H2,1H3/t19-,25-/m0/s1. The van der Waals surface area contributed by atoms with E-state index in [2.05, 4.69) is 4.90 Å². The number of rotatable bonds is 3. The predicted octanol–water partition coefficient (Wildman–Crippen LogP) is 5.48. The molecule has 2 amide bonds. The van der Waals surface area contributed by atoms with Crippen LogP contribution in [0.2, 0.25) is 0 Å². The van der Waals surface area contributed by atoms with Crippen LogP contribution in [0, 0.1) is 24.5 Å². The normalized spacial score (nSPS) is 23.2. The maximum atomic E-state index is 14.1. The Morgan fingerprint density at radius 3 is 2.34 bits per heavy atom. The number of benzene rings is 1. The van der Waals surface area contributed by atoms with Crippen LogP contribution >= 0.6 is 0 Å². The number of carbonyl (C=O) groups is 2. The Balaban J connectivity index is 1.32. The first-order valence-corrected chi connectivity index (χ1v) is 12.9. The quantitative estimate of drug-likeness (QED) is 0.583. The van der Waals surface area contributed by atoms with Crippen LogP contribution < -0.4 is 0 Å². The highest BCUT2D eigenvalue weighted by Crippen LogP contribution is 2.37. The van der Waals surface area contributed by atoms with Crippen molar-refractivity contribution in [2.45, 2.75) is 70.3 Å². The number of amides is 2. The number of piperidine rings is 2. The monoisotopic (exact) mass is 481 g/mol. The number of hydrogen-bond acceptors (Lipinski definition) is 3. The fraction of sp³-hybridized carbons (Fsp3) is 0.536. The first kappa shape index (κ1) is 23.9. The fourth-order valence-electron chi connectivity index (χ4n) is 6.29. The van der Waals surface area contributed by atoms with Crippen LogP contribution in [-0.4, -0.2) is 52.3 Å². The molecule has 1 aromatic heterocycles. The first-order chi connectivity index (χ1) is 16.9. The van der Waals surface area contributed by atoms with Gasteiger partial charge in [0, 0.05) is 43.4 Å². The maximum Gasteiger partial charge on any atom is 0.256 e. The Morgan fingerprint density at radius 1 is 0.857 bits per heavy atom. The summed E-state index contributed by atoms with van der Waals surface area (Å²) in [6, 6.07) is 7.23. The molecular formula is C28H33F2N3O2. The number of fused-ring (bicyclic) bond motifs is 1. The molecule has 0 bridgehead atoms. The van der Waals surface area contributed by atoms with Gasteiger partial charge in [-0.3, -0.25) is 14.6 Å². The third-order valence-corrected chi connectivity index (χ3v) is 8.13. The Labute approximate surface area is 205 Å². The minimum absolute atomic E-state index is 0.0582. The number of aromatic nitrogens is 1. The molecule has 0 N–H and O–H groups in total. The minimum Gasteiger partial charge on any atom is -0.339 e. The molecule has 3 aliphatic rings. The Morgan fingerprint density at radius 2 is 1.57 bits per heavy atom. The van der Waals surface area contributed by atoms with Gasteiger partial charge in [-0.1, -0.05) is 12.8 Å². The topological polar surface area (TPSA) is 53.5 Å². The smallest absolute Gasteiger partial charge is 0.256 e. The lowest BCUT2D eigenvalue weighted by atomic mass is 9.78. The van der Waals surface area contributed by atoms with Gasteiger partial charge in [-0.25, -0.2) is 8.78 Å². The minimum atomic E-state index is -0.840. The van der Waals surface area contributed by atoms with E-state index in [1.807, 2.05) is 19.1 Å². The van der Waals surface area contributed by atoms with E-state index in [1.165, 1.54) is 31.7 Å². The van der Waals surface area contributed by atoms with E-state index in [-0.39, 0.29) is 17.4 Å². The van der Waals surface area contributed by atoms with E-state index >= 15 is 0 Å². The van der Waals surface area contributed by atoms with E-state index in [1.54, 1.807) is 4.90 Å². The van der Waals surface area contributed by atoms with E-state index < -0.39 is 17.5 Å². The van der Waals surface area contributed by atoms with Gasteiger partial charge in [-0.15, -0.1) is 0 Å². The summed E-state index contributed by atoms with van der Waals surface area (Å²) in [5.74, 6) is -1.20. The molecule has 1 aliphatic carbocycles. The highest BCUT2D eigenvalue weighted by atomic mass is 19.1. The molecule has 1 aromatic carbocycles. The van der Waals surface area contributed by atoms with Crippen molar-refractivity contribution in [3.05, 3.63) is 64.5 Å². The van der Waals surface area contributed by atoms with Crippen molar-refractivity contribution in [3.63, 3.8) is 0 Å². The van der Waals surface area contributed by atoms with E-state index in [4.69, 9.17) is 4.98 Å². The number of likely N-dealkylation sites (tertiary alicyclic amines) is 2. The third kappa shape index (κ3) is 4.82. The number of hydrogen-bond donors (Lipinski definition) is 0. The summed E-state index contributed by atoms with van der Waals surface area (Å²) in [6.45, 7) is 3.63. The average molecular weight is 482 g/mol. The predicted molar refractivity (Wildman–Crippen MR) is 129 cm³/mol. The Kier molecular flexibility index (Phi) is 6.85. The van der Waals surface area contributed by atoms with Gasteiger partial charge in [0.25, 0.3) is 11.8 Å². The average Bonchev–Trinajstić information content (AvgIpc) is 2.87. The van der Waals surface area contributed by atoms with Crippen LogP contribution in [-0.2, 0) is 0 Å². The second-order valence-electron chi connectivity index (χ2n) is 10.3. The summed E-state index contributed by atoms with van der Waals surface area (Å²) in [5.41, 5.74) is 2.28. The first-order valence-electron chi connectivity index (χ1n) is 12.9. The van der Waals surface area contributed by atoms with Crippen molar-refractivity contribution >= 4 is 11.8 Å². The molecular weight excluding hydrogens is 448 g/mol. The molecule has 1 saturated carbocycles. The lowest BCUT2D eigenvalue weighted by Gasteiger charge is -2.44. The molecule has 2 aliphatic heterocycles. The van der Waals surface area contributed by atoms with Crippen LogP contribution in [0.4, 0.5) is 8.78 Å². The van der Waals surface area contributed by atoms with Crippen molar-refractivity contribution in [2.75, 3.05) is 19.6 Å². The van der Waals surface area contributed by atoms with E-state index in [0.717, 1.165) is 42.9 Å². The van der Waals surface area contributed by atoms with E-state index in [9.17, 15) is 18.4 Å². The second-order valence-corrected chi connectivity index (χ2v) is 10.3. The van der Waals surface area contributed by atoms with Crippen molar-refractivity contribution in [1.82, 2.24) is 14.8 Å². The van der Waals surface area contributed by atoms with Crippen LogP contribution in [0.5, 0.6) is 0 Å². The summed E-state index contributed by atoms with van der Waals surface area (Å²) < 4.78 is 27.4. The lowest BCUT2D eigenvalue weighted by Crippen LogP contribution is -2.50. The molecule has 0 radical (unpaired) electrons. The lowest BCUT2D eigenvalue weighted by molar-refractivity contribution is 0.0387. The van der Waals surface area contributed by atoms with Crippen molar-refractivity contribution in [3.8, 4) is 0 Å². The Bertz CT molecular complexity index is 1110. The molecule has 0 unspecified atom stereocenters. The number of aryl methyl sites for hydroxylation is 1. The van der Waals surface area contributed by atoms with Gasteiger partial charge in [0.15, 0.2) is 0 Å². The van der Waals surface area contributed by atoms with Crippen LogP contribution in [0.25, 0.3) is 0 Å². The molecule has 7 heteroatoms. The summed E-state index contributed by atoms with van der Waals surface area (Å²) in [5, 5.41) is 0. The van der Waals surface area contributed by atoms with E-state index in [0.29, 0.717) is 43.5 Å². The van der Waals surface area contributed by atoms with Crippen molar-refractivity contribution in [2.24, 2.45) is 5.92 Å². The molecule has 186 valence electrons. The van der Waals surface area contributed by atoms with Crippen LogP contribution in [0.15, 0.2) is 30.3 Å². The third-order valence-electron chi connectivity index (χ3n) is 8.13. The highest BCUT2D eigenvalue weighted by Gasteiger charge is 2.38. The maximum absolute atomic E-state index is 14.1. The zero-order valence-corrected chi connectivity index (χ0v) is 20.3. The molecule has 5 nitrogen and oxygen atoms in total. The molecule has 5 rings (SSSR count). The number of halogens is 2. The van der Waals surface area contributed by atoms with Gasteiger partial charge in [0.1, 0.15) is 11.6 Å². The summed E-state index contributed by atoms with van der Waals surface area (Å²) >= 11 is 0. The molecule has 2 aromatic rings. The van der Waals surface area contributed by atoms with Gasteiger partial charge in [-0.05, 0) is 75.6 Å². The SMILES string of the molecule is Cc1ccc(C(=O)N2CCC[C@@H]3CCCC[C@@H]32)c(C2CCN(C(=O)c3ccc(F)cc3F)CC2)n1. The molecule has 2 saturated heterocycles. The number of nitrogens with zero attached hydrogens (tertiary/aromatic N) is 3. The molecule has 0 spiro atoms. The molecule has 2 atom stereocenters. The molecule has 35 heavy (non-hydrogen) atoms. The second kappa shape index (κ2) is 10.0. The van der Waals surface area contributed by atoms with Crippen molar-refractivity contribution < 1.29 is 18.4 Å². The van der Waals surface area contributed by atoms with Gasteiger partial charge >= 0.3 is 0 Å². The van der Waals surface area contributed by atoms with Crippen LogP contribution in [0.1, 0.15) is 89.4 Å². The highest BCUT2D eigenvalue weighted by molar-refractivity contribution is 5.96. The summed E-state index contributed by atoms with van der Waals surface area (Å²) in [4.78, 5) is 35.2. The summed E-state index contributed by atoms with van der Waals surface area (Å²) in [7, 11) is 0. The van der Waals surface area contributed by atoms with Gasteiger partial charge in [0.2, 0.25) is 0 Å². The number of carbonyl (C=O) groups excluding carboxylic acids is 2. The van der Waals surface area contributed by atoms with Crippen LogP contribution in [0.3, 0.4) is 0 Å². The fourth-order valence-corrected chi connectivity index (χ4v) is 6.29. The summed E-state index contributed by atoms with van der Waals surface area (Å²) in [6.07, 6.45) is 8.33. The zero-order valence-electron chi connectivity index (χ0n) is 20.3. The Hall–Kier alpha value is -2.83. The number of pyridine rings is 1. The van der Waals surface area contributed by atoms with Gasteiger partial charge in [0.05, 0.1) is 16.8 Å². The zero-order chi connectivity index (χ0) is 24.5. The molecule has 3 fully saturated rings. The molecule has 3 heterocycles. The van der Waals surface area contributed by atoms with Crippen molar-refractivity contribution in [1.29, 1.82) is 0 Å². The van der Waals surface area contributed by atoms with Gasteiger partial charge < -0.3 is 9.80 Å². The van der Waals surface area contributed by atoms with Gasteiger partial charge in [-0.2, -0.15) is 0 Å². The largest absolute Gasteiger partial charge is 0.339 e.